The first-order valence-corrected chi connectivity index (χ1v) is 31.4. The van der Waals surface area contributed by atoms with Crippen LogP contribution >= 0.6 is 0 Å². The average Bonchev–Trinajstić information content (AvgIpc) is 0.757. The van der Waals surface area contributed by atoms with Crippen LogP contribution in [-0.2, 0) is 0 Å². The van der Waals surface area contributed by atoms with Crippen LogP contribution < -0.4 is 0 Å². The Kier molecular flexibility index (Phi) is 4.50. The van der Waals surface area contributed by atoms with Gasteiger partial charge in [-0.3, -0.25) is 29.9 Å². The maximum absolute atomic E-state index is 7.57. The van der Waals surface area contributed by atoms with Crippen molar-refractivity contribution in [3.05, 3.63) is 315 Å². The van der Waals surface area contributed by atoms with E-state index < -0.39 is 0 Å². The van der Waals surface area contributed by atoms with Crippen LogP contribution in [0.3, 0.4) is 0 Å². The Balaban J connectivity index is -0.0000000263. The van der Waals surface area contributed by atoms with Gasteiger partial charge in [0.25, 0.3) is 0 Å². The second-order valence-electron chi connectivity index (χ2n) is 23.6. The molecular formula is C87H212N8. The van der Waals surface area contributed by atoms with Crippen molar-refractivity contribution in [2.24, 2.45) is 0 Å². The molecule has 0 aliphatic heterocycles. The van der Waals surface area contributed by atoms with Crippen LogP contribution in [0.15, 0.2) is 286 Å². The highest BCUT2D eigenvalue weighted by atomic mass is 14.9. The first-order chi connectivity index (χ1) is 124. The van der Waals surface area contributed by atoms with Crippen LogP contribution in [-0.4, -0.2) is 39.9 Å². The number of rotatable bonds is 0. The number of hydrogen-bond acceptors (Lipinski definition) is 8. The Bertz CT molecular complexity index is 5690. The Morgan fingerprint density at radius 2 is 0.547 bits per heavy atom. The first kappa shape index (κ1) is 17.5. The molecule has 7 heterocycles. The minimum absolute atomic E-state index is 0.108. The summed E-state index contributed by atoms with van der Waals surface area (Å²) >= 11 is 0. The minimum atomic E-state index is 0.108. The Labute approximate surface area is 786 Å². The SMILES string of the molecule is [2H]Cc1ccc2c3ccccc3c3ccccc3c2n1.[2H]Cc1ccc2c3ccccc3c3ccncc3c2c1.[2H]Cc1ccc2c3ccccc3c3ncccc3c2c1.[2H]Cc1ccc2c3ccncc3c3ccncc3c2n1.[2H]Cc1ncc2c3ccccc3c3ccccc3c2n1.[2H][2H].[2H][2H].[2H][2H].[2H][2H].[2H][2H].[2H][2H].[2H][2H].[2H][2H].[2H][2H].[2H][2H].[2H][2H].[2H][2H].[2H][2H].[2H][2H].[2H][2H].[2H][2H].[2H][2H].[2H][2H].[2H][2H].[2H][2H].[2H][2H].[2H][2H].[2H][2H].[2H][2H].[2H][2H].[2H][2H].[2H][2H].[2H][2H].[2H][2H].[2H][2H].[2H][2H].[2H][2H].[2H][2H].[2H][2H].[2H][2H].[2H][2H].[2H][2H].[2H][2H].[2H][2H].[2H][2H].[2H][2H].[2H][2H].[2H][2H].[2H][2H].[2H][2H].[2H][2H].[2H][2H].[2H][2H].[2H][2H].[2H][2H].[2H][2H].[2H][2H].[2H][2H].[2H][2H].[2H][2H].[2H][2H].[2H][2H].[2H][2H].[2H][2H].[2H][2H].[2H][2H].[2H][2H].[2H][2H].[2H][2H].[2H][2H].[2H][2H].[2H][2H].[2H][2H].[2H][2H].[2H][2H].[2H][2H].[2H][2H].[2H][2H].[2H][2H].[2H][2H]. The third kappa shape index (κ3) is 10.5. The molecule has 8 nitrogen and oxygen atoms in total. The summed E-state index contributed by atoms with van der Waals surface area (Å²) in [6, 6.07) is 81.1. The fourth-order valence-corrected chi connectivity index (χ4v) is 13.7. The van der Waals surface area contributed by atoms with Crippen molar-refractivity contribution in [2.75, 3.05) is 0 Å². The van der Waals surface area contributed by atoms with E-state index in [2.05, 4.69) is 204 Å². The summed E-state index contributed by atoms with van der Waals surface area (Å²) in [6.07, 6.45) is 14.8. The zero-order valence-corrected chi connectivity index (χ0v) is 51.7. The Morgan fingerprint density at radius 1 is 0.232 bits per heavy atom. The van der Waals surface area contributed by atoms with Crippen molar-refractivity contribution >= 4 is 162 Å². The summed E-state index contributed by atoms with van der Waals surface area (Å²) in [4.78, 5) is 35.5. The third-order valence-corrected chi connectivity index (χ3v) is 18.0. The standard InChI is InChI=1S/3C18H13N.C17H12N2.C16H11N3.75H2/c1-12-10-11-17-15-8-3-2-6-13(15)14-7-4-5-9-16(14)18(17)19-12;1-12-8-9-14-13-5-2-3-6-15(13)18-16(17(14)11-12)7-4-10-19-18;1-12-6-7-15-13-4-2-3-5-14(13)16-8-9-19-11-18(16)17(15)10-12;1-11-18-10-16-14-8-3-2-6-12(14)13-7-4-5-9-15(13)17(16)19-11;1-10-2-3-13-11-4-6-17-8-14(11)12-5-7-18-9-15(12)16(13)19-10;;;;;;;;;;;;;;;;;;;;;;;;;;;;;;;;;;;;;;;;;;;;;;;;;;;;;;;;;;;;;;;;;;;;;;;;;;;/h3*2-11H,1H3;2-10H,1H3;2-9H,1H3;75*1H/i5*1D;75*1+1D. The second-order valence-corrected chi connectivity index (χ2v) is 23.6. The van der Waals surface area contributed by atoms with E-state index in [0.717, 1.165) is 109 Å². The molecule has 20 aromatic rings. The lowest BCUT2D eigenvalue weighted by atomic mass is 9.94. The molecule has 0 spiro atoms. The fraction of sp³-hybridized carbons (Fsp3) is 0.0575. The van der Waals surface area contributed by atoms with Gasteiger partial charge in [0.15, 0.2) is 0 Å². The molecule has 0 N–H and O–H groups in total. The van der Waals surface area contributed by atoms with Crippen LogP contribution in [0, 0.1) is 34.5 Å². The van der Waals surface area contributed by atoms with Gasteiger partial charge in [-0.2, -0.15) is 0 Å². The van der Waals surface area contributed by atoms with Crippen molar-refractivity contribution in [2.45, 2.75) is 34.5 Å². The molecule has 0 radical (unpaired) electrons. The summed E-state index contributed by atoms with van der Waals surface area (Å²) in [5, 5.41) is 30.6. The lowest BCUT2D eigenvalue weighted by Crippen LogP contribution is -1.90. The van der Waals surface area contributed by atoms with Gasteiger partial charge in [-0.05, 0) is 157 Å². The van der Waals surface area contributed by atoms with E-state index in [9.17, 15) is 0 Å². The van der Waals surface area contributed by atoms with E-state index in [-0.39, 0.29) is 20.7 Å². The molecule has 0 aliphatic carbocycles. The van der Waals surface area contributed by atoms with Gasteiger partial charge in [0.1, 0.15) is 5.82 Å². The van der Waals surface area contributed by atoms with Crippen molar-refractivity contribution in [3.8, 4) is 0 Å². The zero-order chi connectivity index (χ0) is 218. The molecule has 0 unspecified atom stereocenters. The highest BCUT2D eigenvalue weighted by molar-refractivity contribution is 6.28. The van der Waals surface area contributed by atoms with Gasteiger partial charge >= 0.3 is 0 Å². The van der Waals surface area contributed by atoms with Crippen molar-refractivity contribution in [1.82, 2.24) is 39.9 Å². The van der Waals surface area contributed by atoms with Gasteiger partial charge in [0, 0.05) is 344 Å². The minimum Gasteiger partial charge on any atom is -0.264 e. The molecule has 0 bridgehead atoms. The largest absolute Gasteiger partial charge is 0.264 e. The van der Waals surface area contributed by atoms with Crippen molar-refractivity contribution < 1.29 is 230 Å². The number of hydrogen-bond donors (Lipinski definition) is 0. The predicted octanol–water partition coefficient (Wildman–Crippen LogP) is 40.9. The molecule has 0 aliphatic rings. The Hall–Kier alpha value is -12.3. The summed E-state index contributed by atoms with van der Waals surface area (Å²) in [5.41, 5.74) is 7.57. The molecule has 8 heteroatoms. The molecule has 7 aromatic heterocycles. The highest BCUT2D eigenvalue weighted by Crippen LogP contribution is 2.39. The third-order valence-electron chi connectivity index (χ3n) is 18.0. The summed E-state index contributed by atoms with van der Waals surface area (Å²) in [7, 11) is 0. The van der Waals surface area contributed by atoms with Gasteiger partial charge in [-0.15, -0.1) is 0 Å². The molecule has 0 atom stereocenters. The van der Waals surface area contributed by atoms with Crippen LogP contribution in [0.5, 0.6) is 0 Å². The van der Waals surface area contributed by atoms with Crippen molar-refractivity contribution in [1.29, 1.82) is 0 Å². The van der Waals surface area contributed by atoms with E-state index >= 15 is 0 Å². The fourth-order valence-electron chi connectivity index (χ4n) is 13.7. The van der Waals surface area contributed by atoms with Gasteiger partial charge < -0.3 is 0 Å². The van der Waals surface area contributed by atoms with E-state index in [1.54, 1.807) is 12.4 Å². The molecule has 0 fully saturated rings. The maximum Gasteiger partial charge on any atom is 0.125 e. The summed E-state index contributed by atoms with van der Waals surface area (Å²) < 4.78 is 788. The average molecular weight is 1530 g/mol. The molecule has 0 amide bonds. The molecule has 20 rings (SSSR count). The number of aromatic nitrogens is 8. The predicted molar refractivity (Wildman–Crippen MR) is 559 cm³/mol. The van der Waals surface area contributed by atoms with Gasteiger partial charge in [-0.25, -0.2) is 9.97 Å². The molecule has 600 valence electrons. The van der Waals surface area contributed by atoms with Crippen LogP contribution in [0.1, 0.15) is 258 Å². The summed E-state index contributed by atoms with van der Waals surface area (Å²) in [5.74, 6) is 0.568. The van der Waals surface area contributed by atoms with Gasteiger partial charge in [0.05, 0.1) is 22.1 Å². The van der Waals surface area contributed by atoms with E-state index in [0.29, 0.717) is 19.6 Å². The number of benzene rings is 13. The van der Waals surface area contributed by atoms with E-state index in [4.69, 9.17) is 230 Å². The molecular weight excluding hydrogens is 1160 g/mol. The smallest absolute Gasteiger partial charge is 0.125 e. The number of aryl methyl sites for hydroxylation is 5. The lowest BCUT2D eigenvalue weighted by molar-refractivity contribution is 1.10. The lowest BCUT2D eigenvalue weighted by Gasteiger charge is -2.10. The number of fused-ring (bicyclic) bond motifs is 30. The van der Waals surface area contributed by atoms with Crippen LogP contribution in [0.2, 0.25) is 0 Å². The van der Waals surface area contributed by atoms with Crippen LogP contribution in [0.25, 0.3) is 162 Å². The van der Waals surface area contributed by atoms with E-state index in [1.165, 1.54) is 75.4 Å². The van der Waals surface area contributed by atoms with Gasteiger partial charge in [0.2, 0.25) is 0 Å². The van der Waals surface area contributed by atoms with E-state index in [1.807, 2.05) is 110 Å². The zero-order valence-electron chi connectivity index (χ0n) is 207. The van der Waals surface area contributed by atoms with Gasteiger partial charge in [-0.1, -0.05) is 211 Å². The quantitative estimate of drug-likeness (QED) is 0.138. The monoisotopic (exact) mass is 1530 g/mol. The molecule has 13 aromatic carbocycles. The second kappa shape index (κ2) is 24.4. The number of pyridine rings is 6. The highest BCUT2D eigenvalue weighted by Gasteiger charge is 2.14. The number of nitrogens with zero attached hydrogens (tertiary/aromatic N) is 8. The van der Waals surface area contributed by atoms with Crippen LogP contribution in [0.4, 0.5) is 0 Å². The first-order valence-electron chi connectivity index (χ1n) is 110. The maximum atomic E-state index is 7.57. The topological polar surface area (TPSA) is 103 Å². The Morgan fingerprint density at radius 3 is 1.02 bits per heavy atom. The molecule has 95 heavy (non-hydrogen) atoms. The van der Waals surface area contributed by atoms with Crippen molar-refractivity contribution in [3.63, 3.8) is 0 Å². The molecule has 0 saturated carbocycles. The normalized spacial score (nSPS) is 18.4. The summed E-state index contributed by atoms with van der Waals surface area (Å²) in [6.45, 7) is 1.13. The molecule has 0 saturated heterocycles.